The molecule has 3 aromatic carbocycles. The van der Waals surface area contributed by atoms with E-state index in [1.165, 1.54) is 14.0 Å². The highest BCUT2D eigenvalue weighted by atomic mass is 16.5. The molecule has 3 aromatic rings. The number of nitrogens with one attached hydrogen (secondary N) is 2. The SMILES string of the molecule is COc1ccc(N2C(=O)C(Nc3ccc(NC(C)=O)cc3)=C(c3ccccc3OC)C2=O)cc1. The van der Waals surface area contributed by atoms with Crippen LogP contribution in [0.4, 0.5) is 17.1 Å². The first-order valence-corrected chi connectivity index (χ1v) is 10.5. The van der Waals surface area contributed by atoms with Crippen molar-refractivity contribution in [2.24, 2.45) is 0 Å². The van der Waals surface area contributed by atoms with E-state index in [0.717, 1.165) is 4.90 Å². The van der Waals surface area contributed by atoms with Crippen LogP contribution < -0.4 is 25.0 Å². The van der Waals surface area contributed by atoms with E-state index >= 15 is 0 Å². The van der Waals surface area contributed by atoms with Crippen molar-refractivity contribution in [1.29, 1.82) is 0 Å². The second-order valence-corrected chi connectivity index (χ2v) is 7.48. The van der Waals surface area contributed by atoms with E-state index in [0.29, 0.717) is 34.1 Å². The molecule has 0 radical (unpaired) electrons. The van der Waals surface area contributed by atoms with Crippen LogP contribution in [0, 0.1) is 0 Å². The number of hydrogen-bond donors (Lipinski definition) is 2. The van der Waals surface area contributed by atoms with Crippen molar-refractivity contribution in [3.05, 3.63) is 84.1 Å². The summed E-state index contributed by atoms with van der Waals surface area (Å²) >= 11 is 0. The molecule has 0 bridgehead atoms. The number of carbonyl (C=O) groups is 3. The van der Waals surface area contributed by atoms with E-state index in [4.69, 9.17) is 9.47 Å². The van der Waals surface area contributed by atoms with Crippen LogP contribution in [-0.2, 0) is 14.4 Å². The van der Waals surface area contributed by atoms with Gasteiger partial charge in [0, 0.05) is 23.9 Å². The summed E-state index contributed by atoms with van der Waals surface area (Å²) in [5.41, 5.74) is 2.43. The Hall–Kier alpha value is -4.59. The number of para-hydroxylation sites is 1. The number of imide groups is 1. The van der Waals surface area contributed by atoms with Gasteiger partial charge in [0.05, 0.1) is 25.5 Å². The normalized spacial score (nSPS) is 13.2. The lowest BCUT2D eigenvalue weighted by Gasteiger charge is -2.16. The van der Waals surface area contributed by atoms with Gasteiger partial charge in [0.1, 0.15) is 17.2 Å². The van der Waals surface area contributed by atoms with Gasteiger partial charge >= 0.3 is 0 Å². The van der Waals surface area contributed by atoms with Crippen LogP contribution in [0.1, 0.15) is 12.5 Å². The maximum Gasteiger partial charge on any atom is 0.282 e. The summed E-state index contributed by atoms with van der Waals surface area (Å²) in [4.78, 5) is 39.5. The zero-order chi connectivity index (χ0) is 24.2. The maximum atomic E-state index is 13.6. The maximum absolute atomic E-state index is 13.6. The fourth-order valence-corrected chi connectivity index (χ4v) is 3.70. The highest BCUT2D eigenvalue weighted by Crippen LogP contribution is 2.37. The Morgan fingerprint density at radius 2 is 1.44 bits per heavy atom. The minimum Gasteiger partial charge on any atom is -0.497 e. The first kappa shape index (κ1) is 22.6. The summed E-state index contributed by atoms with van der Waals surface area (Å²) in [5, 5.41) is 5.79. The van der Waals surface area contributed by atoms with E-state index in [1.807, 2.05) is 0 Å². The van der Waals surface area contributed by atoms with Gasteiger partial charge in [0.25, 0.3) is 11.8 Å². The van der Waals surface area contributed by atoms with E-state index in [-0.39, 0.29) is 17.2 Å². The molecule has 1 aliphatic heterocycles. The molecular weight excluding hydrogens is 434 g/mol. The summed E-state index contributed by atoms with van der Waals surface area (Å²) in [5.74, 6) is -0.0819. The highest BCUT2D eigenvalue weighted by molar-refractivity contribution is 6.46. The van der Waals surface area contributed by atoms with Gasteiger partial charge < -0.3 is 20.1 Å². The fourth-order valence-electron chi connectivity index (χ4n) is 3.70. The van der Waals surface area contributed by atoms with Crippen molar-refractivity contribution in [3.63, 3.8) is 0 Å². The summed E-state index contributed by atoms with van der Waals surface area (Å²) in [6.45, 7) is 1.42. The molecule has 0 unspecified atom stereocenters. The number of ether oxygens (including phenoxy) is 2. The lowest BCUT2D eigenvalue weighted by molar-refractivity contribution is -0.120. The molecule has 4 rings (SSSR count). The van der Waals surface area contributed by atoms with Gasteiger partial charge in [0.2, 0.25) is 5.91 Å². The lowest BCUT2D eigenvalue weighted by atomic mass is 10.0. The average Bonchev–Trinajstić information content (AvgIpc) is 3.09. The molecule has 34 heavy (non-hydrogen) atoms. The van der Waals surface area contributed by atoms with Crippen molar-refractivity contribution in [2.45, 2.75) is 6.92 Å². The molecule has 0 fully saturated rings. The number of benzene rings is 3. The molecule has 0 atom stereocenters. The average molecular weight is 457 g/mol. The Kier molecular flexibility index (Phi) is 6.31. The molecular formula is C26H23N3O5. The zero-order valence-electron chi connectivity index (χ0n) is 18.9. The van der Waals surface area contributed by atoms with Crippen molar-refractivity contribution >= 4 is 40.4 Å². The van der Waals surface area contributed by atoms with Gasteiger partial charge in [-0.2, -0.15) is 0 Å². The Balaban J connectivity index is 1.77. The van der Waals surface area contributed by atoms with Gasteiger partial charge in [-0.25, -0.2) is 4.90 Å². The molecule has 0 saturated heterocycles. The number of amides is 3. The Bertz CT molecular complexity index is 1280. The number of rotatable bonds is 7. The monoisotopic (exact) mass is 457 g/mol. The predicted octanol–water partition coefficient (Wildman–Crippen LogP) is 4.06. The first-order chi connectivity index (χ1) is 16.4. The van der Waals surface area contributed by atoms with Gasteiger partial charge in [0.15, 0.2) is 0 Å². The number of hydrogen-bond acceptors (Lipinski definition) is 6. The van der Waals surface area contributed by atoms with E-state index < -0.39 is 11.8 Å². The highest BCUT2D eigenvalue weighted by Gasteiger charge is 2.41. The molecule has 0 aliphatic carbocycles. The first-order valence-electron chi connectivity index (χ1n) is 10.5. The van der Waals surface area contributed by atoms with Gasteiger partial charge in [-0.3, -0.25) is 14.4 Å². The molecule has 0 saturated carbocycles. The number of nitrogens with zero attached hydrogens (tertiary/aromatic N) is 1. The third-order valence-corrected chi connectivity index (χ3v) is 5.27. The topological polar surface area (TPSA) is 97.0 Å². The van der Waals surface area contributed by atoms with Crippen LogP contribution in [0.25, 0.3) is 5.57 Å². The summed E-state index contributed by atoms with van der Waals surface area (Å²) in [6.07, 6.45) is 0. The molecule has 2 N–H and O–H groups in total. The zero-order valence-corrected chi connectivity index (χ0v) is 18.9. The molecule has 8 nitrogen and oxygen atoms in total. The minimum atomic E-state index is -0.498. The molecule has 0 aromatic heterocycles. The van der Waals surface area contributed by atoms with Crippen molar-refractivity contribution in [2.75, 3.05) is 29.8 Å². The van der Waals surface area contributed by atoms with Crippen LogP contribution >= 0.6 is 0 Å². The number of methoxy groups -OCH3 is 2. The standard InChI is InChI=1S/C26H23N3O5/c1-16(30)27-17-8-10-18(11-9-17)28-24-23(21-6-4-5-7-22(21)34-3)25(31)29(26(24)32)19-12-14-20(33-2)15-13-19/h4-15,28H,1-3H3,(H,27,30). The van der Waals surface area contributed by atoms with Crippen LogP contribution in [0.5, 0.6) is 11.5 Å². The molecule has 1 heterocycles. The van der Waals surface area contributed by atoms with Crippen molar-refractivity contribution in [1.82, 2.24) is 0 Å². The van der Waals surface area contributed by atoms with E-state index in [9.17, 15) is 14.4 Å². The lowest BCUT2D eigenvalue weighted by Crippen LogP contribution is -2.32. The second kappa shape index (κ2) is 9.50. The van der Waals surface area contributed by atoms with Gasteiger partial charge in [-0.15, -0.1) is 0 Å². The Labute approximate surface area is 196 Å². The largest absolute Gasteiger partial charge is 0.497 e. The fraction of sp³-hybridized carbons (Fsp3) is 0.115. The number of anilines is 3. The van der Waals surface area contributed by atoms with Crippen molar-refractivity contribution in [3.8, 4) is 11.5 Å². The molecule has 172 valence electrons. The van der Waals surface area contributed by atoms with Gasteiger partial charge in [-0.1, -0.05) is 18.2 Å². The molecule has 3 amide bonds. The molecule has 0 spiro atoms. The third kappa shape index (κ3) is 4.33. The Morgan fingerprint density at radius 1 is 0.794 bits per heavy atom. The van der Waals surface area contributed by atoms with E-state index in [2.05, 4.69) is 10.6 Å². The smallest absolute Gasteiger partial charge is 0.282 e. The summed E-state index contributed by atoms with van der Waals surface area (Å²) < 4.78 is 10.6. The van der Waals surface area contributed by atoms with Crippen LogP contribution in [-0.4, -0.2) is 31.9 Å². The molecule has 1 aliphatic rings. The Morgan fingerprint density at radius 3 is 2.06 bits per heavy atom. The molecule has 8 heteroatoms. The van der Waals surface area contributed by atoms with Crippen LogP contribution in [0.2, 0.25) is 0 Å². The summed E-state index contributed by atoms with van der Waals surface area (Å²) in [6, 6.07) is 20.5. The van der Waals surface area contributed by atoms with Crippen molar-refractivity contribution < 1.29 is 23.9 Å². The number of carbonyl (C=O) groups excluding carboxylic acids is 3. The third-order valence-electron chi connectivity index (χ3n) is 5.27. The van der Waals surface area contributed by atoms with Gasteiger partial charge in [-0.05, 0) is 54.6 Å². The quantitative estimate of drug-likeness (QED) is 0.520. The summed E-state index contributed by atoms with van der Waals surface area (Å²) in [7, 11) is 3.05. The second-order valence-electron chi connectivity index (χ2n) is 7.48. The van der Waals surface area contributed by atoms with Crippen LogP contribution in [0.15, 0.2) is 78.5 Å². The predicted molar refractivity (Wildman–Crippen MR) is 130 cm³/mol. The van der Waals surface area contributed by atoms with E-state index in [1.54, 1.807) is 79.9 Å². The minimum absolute atomic E-state index is 0.123. The van der Waals surface area contributed by atoms with Crippen LogP contribution in [0.3, 0.4) is 0 Å².